The molecule has 2 aliphatic rings. The van der Waals surface area contributed by atoms with Gasteiger partial charge in [0.2, 0.25) is 18.6 Å². The first kappa shape index (κ1) is 19.6. The fourth-order valence-electron chi connectivity index (χ4n) is 3.35. The van der Waals surface area contributed by atoms with Crippen molar-refractivity contribution in [1.82, 2.24) is 15.5 Å². The second-order valence-electron chi connectivity index (χ2n) is 6.91. The lowest BCUT2D eigenvalue weighted by Gasteiger charge is -2.17. The molecule has 10 heteroatoms. The van der Waals surface area contributed by atoms with E-state index in [4.69, 9.17) is 13.9 Å². The maximum Gasteiger partial charge on any atom is 0.325 e. The van der Waals surface area contributed by atoms with Crippen LogP contribution >= 0.6 is 11.8 Å². The van der Waals surface area contributed by atoms with E-state index in [0.29, 0.717) is 40.0 Å². The summed E-state index contributed by atoms with van der Waals surface area (Å²) in [5.41, 5.74) is 0.509. The highest BCUT2D eigenvalue weighted by Crippen LogP contribution is 2.34. The molecule has 2 aromatic rings. The predicted molar refractivity (Wildman–Crippen MR) is 105 cm³/mol. The van der Waals surface area contributed by atoms with Gasteiger partial charge in [0.05, 0.1) is 0 Å². The predicted octanol–water partition coefficient (Wildman–Crippen LogP) is 3.68. The number of ether oxygens (including phenoxy) is 2. The molecule has 1 aliphatic heterocycles. The molecule has 4 rings (SSSR count). The average Bonchev–Trinajstić information content (AvgIpc) is 3.37. The Hall–Kier alpha value is -2.75. The highest BCUT2D eigenvalue weighted by Gasteiger charge is 2.21. The molecule has 2 heterocycles. The molecule has 29 heavy (non-hydrogen) atoms. The van der Waals surface area contributed by atoms with Crippen LogP contribution in [-0.4, -0.2) is 34.7 Å². The van der Waals surface area contributed by atoms with Crippen LogP contribution in [0, 0.1) is 0 Å². The second kappa shape index (κ2) is 9.17. The molecule has 1 fully saturated rings. The van der Waals surface area contributed by atoms with Gasteiger partial charge in [-0.3, -0.25) is 10.1 Å². The number of anilines is 1. The van der Waals surface area contributed by atoms with E-state index < -0.39 is 6.03 Å². The molecule has 1 aromatic carbocycles. The Labute approximate surface area is 171 Å². The number of hydrogen-bond donors (Lipinski definition) is 2. The smallest absolute Gasteiger partial charge is 0.325 e. The summed E-state index contributed by atoms with van der Waals surface area (Å²) in [5.74, 6) is 2.28. The van der Waals surface area contributed by atoms with Gasteiger partial charge in [-0.25, -0.2) is 4.79 Å². The molecule has 0 bridgehead atoms. The molecular weight excluding hydrogens is 396 g/mol. The number of imide groups is 1. The number of nitrogens with one attached hydrogen (secondary N) is 2. The van der Waals surface area contributed by atoms with Crippen LogP contribution in [0.3, 0.4) is 0 Å². The van der Waals surface area contributed by atoms with E-state index in [2.05, 4.69) is 20.8 Å². The van der Waals surface area contributed by atoms with Crippen LogP contribution in [-0.2, 0) is 4.79 Å². The number of aromatic nitrogens is 2. The molecule has 1 aliphatic carbocycles. The Kier molecular flexibility index (Phi) is 6.18. The maximum absolute atomic E-state index is 12.0. The number of urea groups is 1. The number of nitrogens with zero attached hydrogens (tertiary/aromatic N) is 2. The van der Waals surface area contributed by atoms with Gasteiger partial charge < -0.3 is 19.2 Å². The molecule has 0 spiro atoms. The van der Waals surface area contributed by atoms with Gasteiger partial charge in [0.1, 0.15) is 0 Å². The summed E-state index contributed by atoms with van der Waals surface area (Å²) < 4.78 is 16.2. The zero-order chi connectivity index (χ0) is 20.1. The summed E-state index contributed by atoms with van der Waals surface area (Å²) in [5, 5.41) is 13.5. The van der Waals surface area contributed by atoms with Crippen molar-refractivity contribution < 1.29 is 23.5 Å². The fourth-order valence-corrected chi connectivity index (χ4v) is 4.05. The van der Waals surface area contributed by atoms with Gasteiger partial charge in [-0.1, -0.05) is 31.0 Å². The van der Waals surface area contributed by atoms with Gasteiger partial charge >= 0.3 is 6.03 Å². The number of benzene rings is 1. The third kappa shape index (κ3) is 5.20. The minimum absolute atomic E-state index is 0.153. The molecule has 2 N–H and O–H groups in total. The van der Waals surface area contributed by atoms with Crippen molar-refractivity contribution in [2.45, 2.75) is 49.7 Å². The molecule has 1 saturated carbocycles. The first-order chi connectivity index (χ1) is 14.2. The van der Waals surface area contributed by atoms with Crippen LogP contribution in [0.4, 0.5) is 10.5 Å². The van der Waals surface area contributed by atoms with Crippen LogP contribution in [0.15, 0.2) is 27.8 Å². The Morgan fingerprint density at radius 1 is 1.10 bits per heavy atom. The lowest BCUT2D eigenvalue weighted by molar-refractivity contribution is -0.119. The summed E-state index contributed by atoms with van der Waals surface area (Å²) in [6.07, 6.45) is 6.00. The Bertz CT molecular complexity index is 881. The number of thioether (sulfide) groups is 1. The van der Waals surface area contributed by atoms with Crippen molar-refractivity contribution >= 4 is 29.4 Å². The third-order valence-electron chi connectivity index (χ3n) is 4.81. The molecule has 0 atom stereocenters. The first-order valence-electron chi connectivity index (χ1n) is 9.64. The lowest BCUT2D eigenvalue weighted by Crippen LogP contribution is -2.34. The molecule has 154 valence electrons. The largest absolute Gasteiger partial charge is 0.454 e. The van der Waals surface area contributed by atoms with Crippen molar-refractivity contribution in [2.75, 3.05) is 17.9 Å². The fraction of sp³-hybridized carbons (Fsp3) is 0.474. The van der Waals surface area contributed by atoms with Gasteiger partial charge in [-0.15, -0.1) is 10.2 Å². The standard InChI is InChI=1S/C19H22N4O5S/c24-16(21-18(25)20-13-6-7-14-15(10-13)27-11-26-14)8-9-29-19-23-22-17(28-19)12-4-2-1-3-5-12/h6-7,10,12H,1-5,8-9,11H2,(H2,20,21,24,25). The number of hydrogen-bond acceptors (Lipinski definition) is 8. The van der Waals surface area contributed by atoms with Crippen LogP contribution in [0.5, 0.6) is 11.5 Å². The normalized spacial score (nSPS) is 15.9. The van der Waals surface area contributed by atoms with E-state index in [-0.39, 0.29) is 19.1 Å². The van der Waals surface area contributed by atoms with E-state index in [1.54, 1.807) is 18.2 Å². The van der Waals surface area contributed by atoms with Crippen LogP contribution in [0.25, 0.3) is 0 Å². The van der Waals surface area contributed by atoms with Crippen molar-refractivity contribution in [3.63, 3.8) is 0 Å². The van der Waals surface area contributed by atoms with Gasteiger partial charge in [0.15, 0.2) is 11.5 Å². The van der Waals surface area contributed by atoms with Gasteiger partial charge in [0.25, 0.3) is 5.22 Å². The van der Waals surface area contributed by atoms with Crippen molar-refractivity contribution in [3.05, 3.63) is 24.1 Å². The Balaban J connectivity index is 1.18. The SMILES string of the molecule is O=C(CCSc1nnc(C2CCCCC2)o1)NC(=O)Nc1ccc2c(c1)OCO2. The van der Waals surface area contributed by atoms with Crippen LogP contribution in [0.2, 0.25) is 0 Å². The molecule has 0 radical (unpaired) electrons. The second-order valence-corrected chi connectivity index (χ2v) is 7.96. The topological polar surface area (TPSA) is 116 Å². The minimum Gasteiger partial charge on any atom is -0.454 e. The lowest BCUT2D eigenvalue weighted by atomic mass is 9.89. The zero-order valence-corrected chi connectivity index (χ0v) is 16.6. The van der Waals surface area contributed by atoms with Crippen molar-refractivity contribution in [1.29, 1.82) is 0 Å². The quantitative estimate of drug-likeness (QED) is 0.683. The molecular formula is C19H22N4O5S. The summed E-state index contributed by atoms with van der Waals surface area (Å²) in [6.45, 7) is 0.156. The Morgan fingerprint density at radius 3 is 2.79 bits per heavy atom. The van der Waals surface area contributed by atoms with Gasteiger partial charge in [-0.05, 0) is 25.0 Å². The monoisotopic (exact) mass is 418 g/mol. The van der Waals surface area contributed by atoms with E-state index in [0.717, 1.165) is 12.8 Å². The van der Waals surface area contributed by atoms with E-state index >= 15 is 0 Å². The summed E-state index contributed by atoms with van der Waals surface area (Å²) >= 11 is 1.31. The average molecular weight is 418 g/mol. The van der Waals surface area contributed by atoms with E-state index in [1.165, 1.54) is 31.0 Å². The van der Waals surface area contributed by atoms with Crippen molar-refractivity contribution in [2.24, 2.45) is 0 Å². The molecule has 0 saturated heterocycles. The first-order valence-corrected chi connectivity index (χ1v) is 10.6. The molecule has 0 unspecified atom stereocenters. The number of rotatable bonds is 6. The Morgan fingerprint density at radius 2 is 1.93 bits per heavy atom. The van der Waals surface area contributed by atoms with Crippen LogP contribution in [0.1, 0.15) is 50.3 Å². The maximum atomic E-state index is 12.0. The number of carbonyl (C=O) groups is 2. The van der Waals surface area contributed by atoms with E-state index in [1.807, 2.05) is 0 Å². The molecule has 9 nitrogen and oxygen atoms in total. The van der Waals surface area contributed by atoms with Gasteiger partial charge in [0, 0.05) is 29.8 Å². The molecule has 1 aromatic heterocycles. The number of carbonyl (C=O) groups excluding carboxylic acids is 2. The summed E-state index contributed by atoms with van der Waals surface area (Å²) in [4.78, 5) is 23.9. The number of fused-ring (bicyclic) bond motifs is 1. The zero-order valence-electron chi connectivity index (χ0n) is 15.8. The van der Waals surface area contributed by atoms with Crippen LogP contribution < -0.4 is 20.1 Å². The van der Waals surface area contributed by atoms with Gasteiger partial charge in [-0.2, -0.15) is 0 Å². The van der Waals surface area contributed by atoms with E-state index in [9.17, 15) is 9.59 Å². The summed E-state index contributed by atoms with van der Waals surface area (Å²) in [7, 11) is 0. The van der Waals surface area contributed by atoms with Crippen molar-refractivity contribution in [3.8, 4) is 11.5 Å². The highest BCUT2D eigenvalue weighted by molar-refractivity contribution is 7.99. The minimum atomic E-state index is -0.601. The third-order valence-corrected chi connectivity index (χ3v) is 5.63. The summed E-state index contributed by atoms with van der Waals surface area (Å²) in [6, 6.07) is 4.41. The number of amides is 3. The highest BCUT2D eigenvalue weighted by atomic mass is 32.2. The molecule has 3 amide bonds.